The zero-order valence-corrected chi connectivity index (χ0v) is 9.20. The Morgan fingerprint density at radius 2 is 2.07 bits per heavy atom. The molecule has 0 saturated carbocycles. The van der Waals surface area contributed by atoms with Gasteiger partial charge in [0.2, 0.25) is 0 Å². The Balaban J connectivity index is 0.00000196. The van der Waals surface area contributed by atoms with Crippen LogP contribution < -0.4 is 5.73 Å². The lowest BCUT2D eigenvalue weighted by atomic mass is 10.0. The highest BCUT2D eigenvalue weighted by Gasteiger charge is 2.10. The number of hydrogen-bond donors (Lipinski definition) is 3. The van der Waals surface area contributed by atoms with Crippen molar-refractivity contribution in [2.75, 3.05) is 0 Å². The van der Waals surface area contributed by atoms with Crippen molar-refractivity contribution in [2.24, 2.45) is 5.73 Å². The number of benzene rings is 1. The van der Waals surface area contributed by atoms with Crippen molar-refractivity contribution >= 4 is 12.4 Å². The third-order valence-corrected chi connectivity index (χ3v) is 2.09. The van der Waals surface area contributed by atoms with Crippen LogP contribution in [0.2, 0.25) is 0 Å². The number of hydrogen-bond acceptors (Lipinski definition) is 3. The second-order valence-electron chi connectivity index (χ2n) is 3.22. The molecule has 1 rings (SSSR count). The summed E-state index contributed by atoms with van der Waals surface area (Å²) < 4.78 is 0. The van der Waals surface area contributed by atoms with Crippen molar-refractivity contribution in [1.82, 2.24) is 0 Å². The van der Waals surface area contributed by atoms with E-state index in [4.69, 9.17) is 5.73 Å². The lowest BCUT2D eigenvalue weighted by molar-refractivity contribution is 0.446. The average molecular weight is 230 g/mol. The third kappa shape index (κ3) is 3.81. The van der Waals surface area contributed by atoms with Crippen molar-refractivity contribution in [2.45, 2.75) is 18.9 Å². The van der Waals surface area contributed by atoms with E-state index in [2.05, 4.69) is 6.58 Å². The summed E-state index contributed by atoms with van der Waals surface area (Å²) in [5, 5.41) is 18.7. The number of halogens is 1. The van der Waals surface area contributed by atoms with E-state index >= 15 is 0 Å². The molecule has 15 heavy (non-hydrogen) atoms. The van der Waals surface area contributed by atoms with Crippen LogP contribution in [0.25, 0.3) is 0 Å². The highest BCUT2D eigenvalue weighted by molar-refractivity contribution is 5.85. The van der Waals surface area contributed by atoms with Gasteiger partial charge in [0.05, 0.1) is 0 Å². The van der Waals surface area contributed by atoms with Gasteiger partial charge in [-0.2, -0.15) is 0 Å². The molecule has 0 saturated heterocycles. The number of phenolic OH excluding ortho intramolecular Hbond substituents is 2. The monoisotopic (exact) mass is 229 g/mol. The number of aromatic hydroxyl groups is 2. The minimum Gasteiger partial charge on any atom is -0.508 e. The fourth-order valence-corrected chi connectivity index (χ4v) is 1.29. The summed E-state index contributed by atoms with van der Waals surface area (Å²) in [5.41, 5.74) is 6.41. The summed E-state index contributed by atoms with van der Waals surface area (Å²) in [5.74, 6) is 0.242. The molecular weight excluding hydrogens is 214 g/mol. The van der Waals surface area contributed by atoms with E-state index in [0.29, 0.717) is 12.0 Å². The van der Waals surface area contributed by atoms with E-state index in [1.165, 1.54) is 18.2 Å². The van der Waals surface area contributed by atoms with Crippen LogP contribution in [-0.4, -0.2) is 10.2 Å². The minimum atomic E-state index is -0.264. The van der Waals surface area contributed by atoms with E-state index in [0.717, 1.165) is 6.42 Å². The molecular formula is C11H16ClNO2. The molecule has 0 fully saturated rings. The maximum absolute atomic E-state index is 9.49. The summed E-state index contributed by atoms with van der Waals surface area (Å²) in [6.45, 7) is 3.60. The van der Waals surface area contributed by atoms with E-state index < -0.39 is 0 Å². The smallest absolute Gasteiger partial charge is 0.120 e. The number of phenols is 2. The van der Waals surface area contributed by atoms with Crippen LogP contribution in [-0.2, 0) is 0 Å². The van der Waals surface area contributed by atoms with Gasteiger partial charge >= 0.3 is 0 Å². The van der Waals surface area contributed by atoms with Crippen LogP contribution in [0.5, 0.6) is 11.5 Å². The first kappa shape index (κ1) is 13.8. The van der Waals surface area contributed by atoms with Crippen molar-refractivity contribution in [3.05, 3.63) is 36.4 Å². The van der Waals surface area contributed by atoms with Gasteiger partial charge in [-0.15, -0.1) is 19.0 Å². The molecule has 0 aromatic heterocycles. The second kappa shape index (κ2) is 6.32. The van der Waals surface area contributed by atoms with Gasteiger partial charge in [-0.25, -0.2) is 0 Å². The average Bonchev–Trinajstić information content (AvgIpc) is 2.18. The molecule has 0 spiro atoms. The fraction of sp³-hybridized carbons (Fsp3) is 0.273. The van der Waals surface area contributed by atoms with Gasteiger partial charge in [-0.05, 0) is 31.0 Å². The predicted molar refractivity (Wildman–Crippen MR) is 63.4 cm³/mol. The maximum atomic E-state index is 9.49. The number of allylic oxidation sites excluding steroid dienone is 1. The molecule has 0 aliphatic heterocycles. The molecule has 0 bridgehead atoms. The van der Waals surface area contributed by atoms with Crippen LogP contribution in [0.1, 0.15) is 24.4 Å². The Labute approximate surface area is 95.6 Å². The summed E-state index contributed by atoms with van der Waals surface area (Å²) in [4.78, 5) is 0. The summed E-state index contributed by atoms with van der Waals surface area (Å²) >= 11 is 0. The largest absolute Gasteiger partial charge is 0.508 e. The lowest BCUT2D eigenvalue weighted by Gasteiger charge is -2.12. The molecule has 4 N–H and O–H groups in total. The normalized spacial score (nSPS) is 11.5. The van der Waals surface area contributed by atoms with Crippen LogP contribution >= 0.6 is 12.4 Å². The van der Waals surface area contributed by atoms with Crippen molar-refractivity contribution in [3.8, 4) is 11.5 Å². The quantitative estimate of drug-likeness (QED) is 0.549. The summed E-state index contributed by atoms with van der Waals surface area (Å²) in [6, 6.07) is 4.10. The van der Waals surface area contributed by atoms with Gasteiger partial charge in [0.15, 0.2) is 0 Å². The number of rotatable bonds is 4. The zero-order valence-electron chi connectivity index (χ0n) is 8.39. The molecule has 4 heteroatoms. The zero-order chi connectivity index (χ0) is 10.6. The highest BCUT2D eigenvalue weighted by atomic mass is 35.5. The Hall–Kier alpha value is -1.19. The van der Waals surface area contributed by atoms with Gasteiger partial charge in [0.1, 0.15) is 11.5 Å². The summed E-state index contributed by atoms with van der Waals surface area (Å²) in [6.07, 6.45) is 3.27. The Morgan fingerprint density at radius 1 is 1.40 bits per heavy atom. The van der Waals surface area contributed by atoms with Crippen LogP contribution in [0.15, 0.2) is 30.9 Å². The molecule has 3 nitrogen and oxygen atoms in total. The Bertz CT molecular complexity index is 328. The van der Waals surface area contributed by atoms with Crippen molar-refractivity contribution in [3.63, 3.8) is 0 Å². The molecule has 0 aliphatic carbocycles. The van der Waals surface area contributed by atoms with Gasteiger partial charge in [-0.3, -0.25) is 0 Å². The van der Waals surface area contributed by atoms with E-state index in [1.54, 1.807) is 6.08 Å². The van der Waals surface area contributed by atoms with Crippen molar-refractivity contribution < 1.29 is 10.2 Å². The Morgan fingerprint density at radius 3 is 2.67 bits per heavy atom. The van der Waals surface area contributed by atoms with Gasteiger partial charge in [-0.1, -0.05) is 6.08 Å². The molecule has 1 aromatic rings. The van der Waals surface area contributed by atoms with Crippen molar-refractivity contribution in [1.29, 1.82) is 0 Å². The maximum Gasteiger partial charge on any atom is 0.120 e. The second-order valence-corrected chi connectivity index (χ2v) is 3.22. The van der Waals surface area contributed by atoms with Gasteiger partial charge in [0.25, 0.3) is 0 Å². The summed E-state index contributed by atoms with van der Waals surface area (Å²) in [7, 11) is 0. The first-order valence-corrected chi connectivity index (χ1v) is 4.53. The van der Waals surface area contributed by atoms with Crippen LogP contribution in [0.4, 0.5) is 0 Å². The Kier molecular flexibility index (Phi) is 5.82. The first-order valence-electron chi connectivity index (χ1n) is 4.53. The first-order chi connectivity index (χ1) is 6.65. The molecule has 0 unspecified atom stereocenters. The van der Waals surface area contributed by atoms with E-state index in [9.17, 15) is 10.2 Å². The molecule has 0 amide bonds. The topological polar surface area (TPSA) is 66.5 Å². The molecule has 0 radical (unpaired) electrons. The highest BCUT2D eigenvalue weighted by Crippen LogP contribution is 2.28. The van der Waals surface area contributed by atoms with E-state index in [1.807, 2.05) is 0 Å². The SMILES string of the molecule is C=CCC[C@H](N)c1cc(O)ccc1O.Cl. The molecule has 1 aromatic carbocycles. The molecule has 0 heterocycles. The lowest BCUT2D eigenvalue weighted by Crippen LogP contribution is -2.09. The predicted octanol–water partition coefficient (Wildman–Crippen LogP) is 2.49. The van der Waals surface area contributed by atoms with Crippen LogP contribution in [0, 0.1) is 0 Å². The minimum absolute atomic E-state index is 0. The van der Waals surface area contributed by atoms with E-state index in [-0.39, 0.29) is 29.9 Å². The third-order valence-electron chi connectivity index (χ3n) is 2.09. The molecule has 0 aliphatic rings. The standard InChI is InChI=1S/C11H15NO2.ClH/c1-2-3-4-10(12)9-7-8(13)5-6-11(9)14;/h2,5-7,10,13-14H,1,3-4,12H2;1H/t10-;/m0./s1. The van der Waals surface area contributed by atoms with Gasteiger partial charge in [0, 0.05) is 11.6 Å². The van der Waals surface area contributed by atoms with Crippen LogP contribution in [0.3, 0.4) is 0 Å². The molecule has 1 atom stereocenters. The fourth-order valence-electron chi connectivity index (χ4n) is 1.29. The van der Waals surface area contributed by atoms with Gasteiger partial charge < -0.3 is 15.9 Å². The molecule has 84 valence electrons. The number of nitrogens with two attached hydrogens (primary N) is 1.